The Balaban J connectivity index is 1.90. The smallest absolute Gasteiger partial charge is 0.348 e. The van der Waals surface area contributed by atoms with Gasteiger partial charge in [0.25, 0.3) is 5.91 Å². The summed E-state index contributed by atoms with van der Waals surface area (Å²) < 4.78 is 22.5. The molecule has 0 atom stereocenters. The van der Waals surface area contributed by atoms with Crippen molar-refractivity contribution in [3.8, 4) is 11.3 Å². The van der Waals surface area contributed by atoms with Gasteiger partial charge < -0.3 is 14.8 Å². The number of nitrogens with zero attached hydrogens (tertiary/aromatic N) is 1. The molecule has 0 aliphatic rings. The van der Waals surface area contributed by atoms with Gasteiger partial charge in [0.15, 0.2) is 0 Å². The van der Waals surface area contributed by atoms with E-state index in [1.165, 1.54) is 44.6 Å². The summed E-state index contributed by atoms with van der Waals surface area (Å²) in [5.41, 5.74) is 1.61. The highest BCUT2D eigenvalue weighted by molar-refractivity contribution is 7.18. The Morgan fingerprint density at radius 2 is 1.76 bits per heavy atom. The average molecular weight is 417 g/mol. The van der Waals surface area contributed by atoms with Crippen LogP contribution in [0.5, 0.6) is 0 Å². The summed E-state index contributed by atoms with van der Waals surface area (Å²) in [5.74, 6) is -2.28. The number of ether oxygens (including phenoxy) is 2. The number of aromatic amines is 1. The van der Waals surface area contributed by atoms with E-state index in [9.17, 15) is 18.8 Å². The number of hydrogen-bond donors (Lipinski definition) is 2. The minimum atomic E-state index is -0.694. The Morgan fingerprint density at radius 1 is 1.10 bits per heavy atom. The lowest BCUT2D eigenvalue weighted by Gasteiger charge is -2.04. The highest BCUT2D eigenvalue weighted by atomic mass is 32.1. The molecule has 0 unspecified atom stereocenters. The SMILES string of the molecule is COC(=O)c1sc(NC(=O)c2cc(-c3ccc(F)cc3)n[nH]2)c(C(=O)OC)c1C. The zero-order chi connectivity index (χ0) is 21.1. The van der Waals surface area contributed by atoms with E-state index in [1.54, 1.807) is 6.92 Å². The van der Waals surface area contributed by atoms with E-state index in [4.69, 9.17) is 9.47 Å². The van der Waals surface area contributed by atoms with Gasteiger partial charge >= 0.3 is 11.9 Å². The molecule has 0 aliphatic heterocycles. The van der Waals surface area contributed by atoms with Crippen molar-refractivity contribution >= 4 is 34.2 Å². The fraction of sp³-hybridized carbons (Fsp3) is 0.158. The number of amides is 1. The van der Waals surface area contributed by atoms with Gasteiger partial charge in [0.1, 0.15) is 21.4 Å². The highest BCUT2D eigenvalue weighted by Gasteiger charge is 2.27. The molecule has 3 aromatic rings. The summed E-state index contributed by atoms with van der Waals surface area (Å²) >= 11 is 0.907. The number of anilines is 1. The second-order valence-corrected chi connectivity index (χ2v) is 6.89. The summed E-state index contributed by atoms with van der Waals surface area (Å²) in [5, 5.41) is 9.39. The Bertz CT molecular complexity index is 1090. The molecule has 2 aromatic heterocycles. The first-order chi connectivity index (χ1) is 13.8. The van der Waals surface area contributed by atoms with Crippen LogP contribution in [0, 0.1) is 12.7 Å². The first-order valence-electron chi connectivity index (χ1n) is 8.28. The lowest BCUT2D eigenvalue weighted by molar-refractivity contribution is 0.0601. The van der Waals surface area contributed by atoms with Gasteiger partial charge in [0.05, 0.1) is 25.5 Å². The molecule has 0 radical (unpaired) electrons. The van der Waals surface area contributed by atoms with Gasteiger partial charge in [-0.2, -0.15) is 5.10 Å². The predicted molar refractivity (Wildman–Crippen MR) is 104 cm³/mol. The van der Waals surface area contributed by atoms with E-state index in [1.807, 2.05) is 0 Å². The molecular weight excluding hydrogens is 401 g/mol. The van der Waals surface area contributed by atoms with Gasteiger partial charge in [-0.05, 0) is 42.8 Å². The fourth-order valence-corrected chi connectivity index (χ4v) is 3.72. The molecule has 0 aliphatic carbocycles. The van der Waals surface area contributed by atoms with Crippen LogP contribution >= 0.6 is 11.3 Å². The van der Waals surface area contributed by atoms with Crippen LogP contribution in [0.3, 0.4) is 0 Å². The fourth-order valence-electron chi connectivity index (χ4n) is 2.61. The number of benzene rings is 1. The number of nitrogens with one attached hydrogen (secondary N) is 2. The summed E-state index contributed by atoms with van der Waals surface area (Å²) in [6.07, 6.45) is 0. The van der Waals surface area contributed by atoms with Crippen LogP contribution in [0.2, 0.25) is 0 Å². The maximum atomic E-state index is 13.1. The first-order valence-corrected chi connectivity index (χ1v) is 9.10. The summed E-state index contributed by atoms with van der Waals surface area (Å²) in [6.45, 7) is 1.56. The third kappa shape index (κ3) is 4.02. The van der Waals surface area contributed by atoms with E-state index >= 15 is 0 Å². The molecule has 2 heterocycles. The summed E-state index contributed by atoms with van der Waals surface area (Å²) in [7, 11) is 2.42. The number of esters is 2. The molecule has 1 amide bonds. The van der Waals surface area contributed by atoms with Crippen molar-refractivity contribution in [2.75, 3.05) is 19.5 Å². The predicted octanol–water partition coefficient (Wildman–Crippen LogP) is 3.41. The number of halogens is 1. The Labute approximate surface area is 168 Å². The molecule has 3 rings (SSSR count). The second kappa shape index (κ2) is 8.23. The van der Waals surface area contributed by atoms with Crippen molar-refractivity contribution < 1.29 is 28.2 Å². The topological polar surface area (TPSA) is 110 Å². The molecule has 29 heavy (non-hydrogen) atoms. The summed E-state index contributed by atoms with van der Waals surface area (Å²) in [6, 6.07) is 7.13. The van der Waals surface area contributed by atoms with Crippen LogP contribution in [0.1, 0.15) is 36.1 Å². The number of hydrogen-bond acceptors (Lipinski definition) is 7. The largest absolute Gasteiger partial charge is 0.465 e. The maximum Gasteiger partial charge on any atom is 0.348 e. The molecule has 0 saturated heterocycles. The maximum absolute atomic E-state index is 13.1. The van der Waals surface area contributed by atoms with Crippen LogP contribution in [-0.4, -0.2) is 42.3 Å². The normalized spacial score (nSPS) is 10.5. The van der Waals surface area contributed by atoms with Crippen molar-refractivity contribution in [2.24, 2.45) is 0 Å². The van der Waals surface area contributed by atoms with Crippen molar-refractivity contribution in [2.45, 2.75) is 6.92 Å². The average Bonchev–Trinajstić information content (AvgIpc) is 3.33. The highest BCUT2D eigenvalue weighted by Crippen LogP contribution is 2.34. The van der Waals surface area contributed by atoms with Gasteiger partial charge in [-0.25, -0.2) is 14.0 Å². The van der Waals surface area contributed by atoms with Gasteiger partial charge in [-0.3, -0.25) is 9.89 Å². The summed E-state index contributed by atoms with van der Waals surface area (Å²) in [4.78, 5) is 36.9. The minimum Gasteiger partial charge on any atom is -0.465 e. The zero-order valence-corrected chi connectivity index (χ0v) is 16.5. The molecule has 0 fully saturated rings. The Hall–Kier alpha value is -3.53. The second-order valence-electron chi connectivity index (χ2n) is 5.87. The van der Waals surface area contributed by atoms with Crippen LogP contribution in [0.4, 0.5) is 9.39 Å². The Morgan fingerprint density at radius 3 is 2.38 bits per heavy atom. The van der Waals surface area contributed by atoms with E-state index in [0.29, 0.717) is 16.8 Å². The number of rotatable bonds is 5. The standard InChI is InChI=1S/C19H16FN3O5S/c1-9-14(18(25)27-2)17(29-15(9)19(26)28-3)21-16(24)13-8-12(22-23-13)10-4-6-11(20)7-5-10/h4-8H,1-3H3,(H,21,24)(H,22,23). The molecule has 0 saturated carbocycles. The number of carbonyl (C=O) groups is 3. The lowest BCUT2D eigenvalue weighted by atomic mass is 10.1. The van der Waals surface area contributed by atoms with Gasteiger partial charge in [-0.1, -0.05) is 0 Å². The van der Waals surface area contributed by atoms with Crippen molar-refractivity contribution in [1.82, 2.24) is 10.2 Å². The van der Waals surface area contributed by atoms with Gasteiger partial charge in [-0.15, -0.1) is 11.3 Å². The van der Waals surface area contributed by atoms with Crippen LogP contribution in [0.25, 0.3) is 11.3 Å². The van der Waals surface area contributed by atoms with E-state index in [2.05, 4.69) is 15.5 Å². The quantitative estimate of drug-likeness (QED) is 0.616. The third-order valence-corrected chi connectivity index (χ3v) is 5.28. The zero-order valence-electron chi connectivity index (χ0n) is 15.7. The number of thiophene rings is 1. The van der Waals surface area contributed by atoms with E-state index < -0.39 is 17.8 Å². The van der Waals surface area contributed by atoms with E-state index in [-0.39, 0.29) is 27.0 Å². The number of aromatic nitrogens is 2. The molecule has 1 aromatic carbocycles. The molecule has 10 heteroatoms. The van der Waals surface area contributed by atoms with Crippen molar-refractivity contribution in [1.29, 1.82) is 0 Å². The Kier molecular flexibility index (Phi) is 5.74. The molecule has 2 N–H and O–H groups in total. The van der Waals surface area contributed by atoms with Crippen LogP contribution in [-0.2, 0) is 9.47 Å². The van der Waals surface area contributed by atoms with Crippen molar-refractivity contribution in [3.63, 3.8) is 0 Å². The number of methoxy groups -OCH3 is 2. The van der Waals surface area contributed by atoms with Crippen LogP contribution in [0.15, 0.2) is 30.3 Å². The molecular formula is C19H16FN3O5S. The number of H-pyrrole nitrogens is 1. The van der Waals surface area contributed by atoms with Gasteiger partial charge in [0.2, 0.25) is 0 Å². The first kappa shape index (κ1) is 20.2. The monoisotopic (exact) mass is 417 g/mol. The van der Waals surface area contributed by atoms with E-state index in [0.717, 1.165) is 11.3 Å². The number of carbonyl (C=O) groups excluding carboxylic acids is 3. The molecule has 0 bridgehead atoms. The lowest BCUT2D eigenvalue weighted by Crippen LogP contribution is -2.14. The van der Waals surface area contributed by atoms with Crippen molar-refractivity contribution in [3.05, 3.63) is 57.8 Å². The van der Waals surface area contributed by atoms with Gasteiger partial charge in [0, 0.05) is 5.56 Å². The molecule has 150 valence electrons. The minimum absolute atomic E-state index is 0.0736. The third-order valence-electron chi connectivity index (χ3n) is 4.10. The molecule has 0 spiro atoms. The van der Waals surface area contributed by atoms with Crippen LogP contribution < -0.4 is 5.32 Å². The molecule has 8 nitrogen and oxygen atoms in total.